The van der Waals surface area contributed by atoms with Crippen LogP contribution in [0.4, 0.5) is 0 Å². The second-order valence-electron chi connectivity index (χ2n) is 6.62. The SMILES string of the molecule is O=C1c2ccccc2-c2cccnc21.O=S1(=O)c2ccccc2-c2ncccc21. The first-order valence-corrected chi connectivity index (χ1v) is 10.5. The van der Waals surface area contributed by atoms with E-state index in [9.17, 15) is 13.2 Å². The summed E-state index contributed by atoms with van der Waals surface area (Å²) in [5, 5.41) is 0. The zero-order valence-corrected chi connectivity index (χ0v) is 15.9. The number of hydrogen-bond donors (Lipinski definition) is 0. The molecule has 0 amide bonds. The molecule has 1 aliphatic heterocycles. The van der Waals surface area contributed by atoms with Crippen molar-refractivity contribution in [2.24, 2.45) is 0 Å². The summed E-state index contributed by atoms with van der Waals surface area (Å²) in [7, 11) is -3.33. The molecule has 6 rings (SSSR count). The first-order chi connectivity index (χ1) is 14.1. The lowest BCUT2D eigenvalue weighted by atomic mass is 10.1. The van der Waals surface area contributed by atoms with E-state index in [0.717, 1.165) is 16.7 Å². The van der Waals surface area contributed by atoms with E-state index < -0.39 is 9.84 Å². The summed E-state index contributed by atoms with van der Waals surface area (Å²) in [4.78, 5) is 20.7. The molecule has 5 nitrogen and oxygen atoms in total. The van der Waals surface area contributed by atoms with Crippen molar-refractivity contribution >= 4 is 15.6 Å². The van der Waals surface area contributed by atoms with Crippen LogP contribution < -0.4 is 0 Å². The van der Waals surface area contributed by atoms with Crippen LogP contribution in [0.15, 0.2) is 95.0 Å². The summed E-state index contributed by atoms with van der Waals surface area (Å²) in [6, 6.07) is 21.6. The maximum atomic E-state index is 12.0. The molecule has 4 aromatic rings. The minimum Gasteiger partial charge on any atom is -0.287 e. The molecule has 0 saturated carbocycles. The van der Waals surface area contributed by atoms with Crippen LogP contribution in [0.1, 0.15) is 16.1 Å². The fraction of sp³-hybridized carbons (Fsp3) is 0. The van der Waals surface area contributed by atoms with Gasteiger partial charge in [-0.15, -0.1) is 0 Å². The number of fused-ring (bicyclic) bond motifs is 6. The van der Waals surface area contributed by atoms with E-state index >= 15 is 0 Å². The second kappa shape index (κ2) is 6.46. The number of pyridine rings is 2. The lowest BCUT2D eigenvalue weighted by molar-refractivity contribution is 0.103. The maximum absolute atomic E-state index is 12.0. The van der Waals surface area contributed by atoms with Crippen molar-refractivity contribution in [2.45, 2.75) is 9.79 Å². The highest BCUT2D eigenvalue weighted by molar-refractivity contribution is 7.92. The van der Waals surface area contributed by atoms with Crippen LogP contribution in [-0.2, 0) is 9.84 Å². The Labute approximate surface area is 167 Å². The van der Waals surface area contributed by atoms with E-state index in [1.54, 1.807) is 42.7 Å². The van der Waals surface area contributed by atoms with Crippen LogP contribution in [0.25, 0.3) is 22.4 Å². The number of aromatic nitrogens is 2. The first kappa shape index (κ1) is 17.5. The highest BCUT2D eigenvalue weighted by atomic mass is 32.2. The van der Waals surface area contributed by atoms with Gasteiger partial charge in [-0.05, 0) is 29.8 Å². The van der Waals surface area contributed by atoms with Gasteiger partial charge in [-0.25, -0.2) is 8.42 Å². The van der Waals surface area contributed by atoms with Gasteiger partial charge < -0.3 is 0 Å². The summed E-state index contributed by atoms with van der Waals surface area (Å²) in [5.74, 6) is 0.0381. The number of carbonyl (C=O) groups is 1. The number of hydrogen-bond acceptors (Lipinski definition) is 5. The van der Waals surface area contributed by atoms with Gasteiger partial charge in [0, 0.05) is 29.1 Å². The number of benzene rings is 2. The fourth-order valence-electron chi connectivity index (χ4n) is 3.67. The molecular weight excluding hydrogens is 384 g/mol. The molecule has 0 N–H and O–H groups in total. The molecule has 0 bridgehead atoms. The highest BCUT2D eigenvalue weighted by Crippen LogP contribution is 2.41. The van der Waals surface area contributed by atoms with Crippen LogP contribution in [0, 0.1) is 0 Å². The van der Waals surface area contributed by atoms with Crippen molar-refractivity contribution in [1.29, 1.82) is 0 Å². The summed E-state index contributed by atoms with van der Waals surface area (Å²) in [5.41, 5.74) is 4.56. The first-order valence-electron chi connectivity index (χ1n) is 8.97. The van der Waals surface area contributed by atoms with E-state index in [-0.39, 0.29) is 5.78 Å². The largest absolute Gasteiger partial charge is 0.287 e. The van der Waals surface area contributed by atoms with Crippen LogP contribution in [0.2, 0.25) is 0 Å². The summed E-state index contributed by atoms with van der Waals surface area (Å²) >= 11 is 0. The van der Waals surface area contributed by atoms with Gasteiger partial charge in [0.2, 0.25) is 15.6 Å². The average Bonchev–Trinajstić information content (AvgIpc) is 3.19. The van der Waals surface area contributed by atoms with Crippen molar-refractivity contribution in [2.75, 3.05) is 0 Å². The lowest BCUT2D eigenvalue weighted by Crippen LogP contribution is -1.96. The lowest BCUT2D eigenvalue weighted by Gasteiger charge is -1.95. The standard InChI is InChI=1S/C12H7NO.C11H7NO2S/c14-12-10-5-2-1-4-8(10)9-6-3-7-13-11(9)12;13-15(14)9-5-2-1-4-8(9)11-10(15)6-3-7-12-11/h1-7H;1-7H. The third-order valence-electron chi connectivity index (χ3n) is 4.98. The Hall–Kier alpha value is -3.64. The fourth-order valence-corrected chi connectivity index (χ4v) is 5.30. The van der Waals surface area contributed by atoms with E-state index in [1.807, 2.05) is 42.5 Å². The van der Waals surface area contributed by atoms with Gasteiger partial charge in [-0.1, -0.05) is 48.5 Å². The molecule has 0 unspecified atom stereocenters. The zero-order valence-electron chi connectivity index (χ0n) is 15.1. The van der Waals surface area contributed by atoms with Crippen molar-refractivity contribution in [3.63, 3.8) is 0 Å². The van der Waals surface area contributed by atoms with Crippen molar-refractivity contribution in [1.82, 2.24) is 9.97 Å². The molecule has 2 aliphatic rings. The number of rotatable bonds is 0. The van der Waals surface area contributed by atoms with Gasteiger partial charge in [-0.3, -0.25) is 14.8 Å². The quantitative estimate of drug-likeness (QED) is 0.383. The molecule has 2 aromatic heterocycles. The number of sulfone groups is 1. The van der Waals surface area contributed by atoms with Gasteiger partial charge in [0.05, 0.1) is 15.5 Å². The summed E-state index contributed by atoms with van der Waals surface area (Å²) < 4.78 is 24.1. The van der Waals surface area contributed by atoms with Gasteiger partial charge in [0.15, 0.2) is 0 Å². The third kappa shape index (κ3) is 2.61. The molecular formula is C23H14N2O3S. The van der Waals surface area contributed by atoms with Crippen LogP contribution in [0.5, 0.6) is 0 Å². The third-order valence-corrected chi connectivity index (χ3v) is 6.82. The Bertz CT molecular complexity index is 1300. The number of carbonyl (C=O) groups excluding carboxylic acids is 1. The van der Waals surface area contributed by atoms with Crippen LogP contribution in [0.3, 0.4) is 0 Å². The van der Waals surface area contributed by atoms with E-state index in [4.69, 9.17) is 0 Å². The van der Waals surface area contributed by atoms with Crippen molar-refractivity contribution in [3.8, 4) is 22.4 Å². The van der Waals surface area contributed by atoms with E-state index in [2.05, 4.69) is 9.97 Å². The van der Waals surface area contributed by atoms with Crippen molar-refractivity contribution < 1.29 is 13.2 Å². The Balaban J connectivity index is 0.000000125. The van der Waals surface area contributed by atoms with Crippen molar-refractivity contribution in [3.05, 3.63) is 96.4 Å². The monoisotopic (exact) mass is 398 g/mol. The Kier molecular flexibility index (Phi) is 3.89. The van der Waals surface area contributed by atoms with E-state index in [0.29, 0.717) is 26.7 Å². The molecule has 3 heterocycles. The predicted octanol–water partition coefficient (Wildman–Crippen LogP) is 4.19. The number of ketones is 1. The molecule has 2 aromatic carbocycles. The maximum Gasteiger partial charge on any atom is 0.212 e. The summed E-state index contributed by atoms with van der Waals surface area (Å²) in [6.45, 7) is 0. The minimum atomic E-state index is -3.33. The summed E-state index contributed by atoms with van der Waals surface area (Å²) in [6.07, 6.45) is 3.26. The minimum absolute atomic E-state index is 0.0381. The molecule has 140 valence electrons. The topological polar surface area (TPSA) is 77.0 Å². The molecule has 0 atom stereocenters. The molecule has 0 spiro atoms. The van der Waals surface area contributed by atoms with Gasteiger partial charge in [0.1, 0.15) is 5.69 Å². The molecule has 1 aliphatic carbocycles. The Morgan fingerprint density at radius 3 is 1.90 bits per heavy atom. The molecule has 0 fully saturated rings. The van der Waals surface area contributed by atoms with Gasteiger partial charge >= 0.3 is 0 Å². The van der Waals surface area contributed by atoms with Crippen LogP contribution in [-0.4, -0.2) is 24.2 Å². The number of nitrogens with zero attached hydrogens (tertiary/aromatic N) is 2. The Morgan fingerprint density at radius 2 is 1.10 bits per heavy atom. The Morgan fingerprint density at radius 1 is 0.552 bits per heavy atom. The smallest absolute Gasteiger partial charge is 0.212 e. The second-order valence-corrected chi connectivity index (χ2v) is 8.51. The molecule has 6 heteroatoms. The van der Waals surface area contributed by atoms with Gasteiger partial charge in [0.25, 0.3) is 0 Å². The zero-order chi connectivity index (χ0) is 20.0. The molecule has 0 radical (unpaired) electrons. The average molecular weight is 398 g/mol. The van der Waals surface area contributed by atoms with E-state index in [1.165, 1.54) is 0 Å². The molecule has 0 saturated heterocycles. The van der Waals surface area contributed by atoms with Crippen LogP contribution >= 0.6 is 0 Å². The molecule has 29 heavy (non-hydrogen) atoms. The highest BCUT2D eigenvalue weighted by Gasteiger charge is 2.33. The normalized spacial score (nSPS) is 14.1. The predicted molar refractivity (Wildman–Crippen MR) is 108 cm³/mol. The van der Waals surface area contributed by atoms with Gasteiger partial charge in [-0.2, -0.15) is 0 Å².